The van der Waals surface area contributed by atoms with E-state index >= 15 is 0 Å². The first-order valence-corrected chi connectivity index (χ1v) is 7.11. The Morgan fingerprint density at radius 2 is 1.82 bits per heavy atom. The van der Waals surface area contributed by atoms with E-state index in [0.717, 1.165) is 23.5 Å². The second kappa shape index (κ2) is 9.64. The Hall–Kier alpha value is -0.370. The summed E-state index contributed by atoms with van der Waals surface area (Å²) in [6.45, 7) is 4.05. The van der Waals surface area contributed by atoms with Crippen molar-refractivity contribution in [2.24, 2.45) is 0 Å². The molecule has 0 aromatic heterocycles. The van der Waals surface area contributed by atoms with E-state index in [0.29, 0.717) is 13.1 Å². The van der Waals surface area contributed by atoms with Crippen LogP contribution in [0.25, 0.3) is 0 Å². The maximum atomic E-state index is 11.3. The standard InChI is InChI=1S/C9H21N3O3S.ClH/c1-4-5-10-6-7-11-9(13)8-12(2)16(3,14)15;/h10H,4-8H2,1-3H3,(H,11,13);1H. The molecule has 0 aliphatic heterocycles. The van der Waals surface area contributed by atoms with Crippen LogP contribution in [-0.2, 0) is 14.8 Å². The molecule has 0 bridgehead atoms. The van der Waals surface area contributed by atoms with E-state index in [1.165, 1.54) is 7.05 Å². The van der Waals surface area contributed by atoms with Gasteiger partial charge in [0.15, 0.2) is 0 Å². The molecule has 0 unspecified atom stereocenters. The van der Waals surface area contributed by atoms with Gasteiger partial charge in [-0.1, -0.05) is 6.92 Å². The first-order chi connectivity index (χ1) is 7.38. The quantitative estimate of drug-likeness (QED) is 0.585. The molecule has 0 heterocycles. The van der Waals surface area contributed by atoms with Crippen molar-refractivity contribution in [3.63, 3.8) is 0 Å². The summed E-state index contributed by atoms with van der Waals surface area (Å²) in [5.74, 6) is -0.286. The molecule has 17 heavy (non-hydrogen) atoms. The Balaban J connectivity index is 0. The van der Waals surface area contributed by atoms with Crippen molar-refractivity contribution < 1.29 is 13.2 Å². The molecule has 104 valence electrons. The molecule has 0 aliphatic carbocycles. The number of halogens is 1. The second-order valence-electron chi connectivity index (χ2n) is 3.62. The number of likely N-dealkylation sites (N-methyl/N-ethyl adjacent to an activating group) is 1. The zero-order valence-corrected chi connectivity index (χ0v) is 12.2. The van der Waals surface area contributed by atoms with Crippen LogP contribution in [0.5, 0.6) is 0 Å². The van der Waals surface area contributed by atoms with Crippen LogP contribution < -0.4 is 10.6 Å². The summed E-state index contributed by atoms with van der Waals surface area (Å²) in [5.41, 5.74) is 0. The lowest BCUT2D eigenvalue weighted by molar-refractivity contribution is -0.121. The molecule has 0 fully saturated rings. The van der Waals surface area contributed by atoms with E-state index in [1.54, 1.807) is 0 Å². The number of carbonyl (C=O) groups excluding carboxylic acids is 1. The molecule has 2 N–H and O–H groups in total. The molecule has 0 saturated heterocycles. The zero-order valence-electron chi connectivity index (χ0n) is 10.5. The Labute approximate surface area is 110 Å². The first-order valence-electron chi connectivity index (χ1n) is 5.26. The number of amides is 1. The Morgan fingerprint density at radius 3 is 2.29 bits per heavy atom. The van der Waals surface area contributed by atoms with Gasteiger partial charge in [-0.3, -0.25) is 4.79 Å². The third-order valence-corrected chi connectivity index (χ3v) is 3.24. The minimum Gasteiger partial charge on any atom is -0.354 e. The van der Waals surface area contributed by atoms with Gasteiger partial charge in [0.25, 0.3) is 0 Å². The normalized spacial score (nSPS) is 11.1. The summed E-state index contributed by atoms with van der Waals surface area (Å²) in [4.78, 5) is 11.3. The highest BCUT2D eigenvalue weighted by atomic mass is 35.5. The third-order valence-electron chi connectivity index (χ3n) is 1.98. The van der Waals surface area contributed by atoms with Crippen molar-refractivity contribution in [1.29, 1.82) is 0 Å². The average molecular weight is 288 g/mol. The van der Waals surface area contributed by atoms with Gasteiger partial charge in [0, 0.05) is 20.1 Å². The van der Waals surface area contributed by atoms with Gasteiger partial charge in [-0.25, -0.2) is 8.42 Å². The Morgan fingerprint density at radius 1 is 1.24 bits per heavy atom. The lowest BCUT2D eigenvalue weighted by Crippen LogP contribution is -2.40. The topological polar surface area (TPSA) is 78.5 Å². The van der Waals surface area contributed by atoms with Gasteiger partial charge in [-0.15, -0.1) is 12.4 Å². The molecule has 0 aromatic carbocycles. The molecular weight excluding hydrogens is 266 g/mol. The van der Waals surface area contributed by atoms with E-state index in [9.17, 15) is 13.2 Å². The summed E-state index contributed by atoms with van der Waals surface area (Å²) in [6, 6.07) is 0. The summed E-state index contributed by atoms with van der Waals surface area (Å²) >= 11 is 0. The lowest BCUT2D eigenvalue weighted by Gasteiger charge is -2.13. The van der Waals surface area contributed by atoms with Crippen LogP contribution >= 0.6 is 12.4 Å². The van der Waals surface area contributed by atoms with Crippen molar-refractivity contribution in [3.05, 3.63) is 0 Å². The van der Waals surface area contributed by atoms with Gasteiger partial charge in [0.2, 0.25) is 15.9 Å². The maximum Gasteiger partial charge on any atom is 0.235 e. The number of hydrogen-bond donors (Lipinski definition) is 2. The zero-order chi connectivity index (χ0) is 12.6. The van der Waals surface area contributed by atoms with E-state index in [1.807, 2.05) is 0 Å². The minimum absolute atomic E-state index is 0. The molecule has 0 aliphatic rings. The molecule has 8 heteroatoms. The van der Waals surface area contributed by atoms with Gasteiger partial charge in [-0.05, 0) is 13.0 Å². The van der Waals surface area contributed by atoms with Crippen LogP contribution in [0.3, 0.4) is 0 Å². The summed E-state index contributed by atoms with van der Waals surface area (Å²) in [5, 5.41) is 5.76. The number of carbonyl (C=O) groups is 1. The molecule has 0 aromatic rings. The highest BCUT2D eigenvalue weighted by Crippen LogP contribution is 1.90. The van der Waals surface area contributed by atoms with Gasteiger partial charge in [-0.2, -0.15) is 4.31 Å². The number of rotatable bonds is 8. The third kappa shape index (κ3) is 10.5. The van der Waals surface area contributed by atoms with Gasteiger partial charge in [0.1, 0.15) is 0 Å². The van der Waals surface area contributed by atoms with Crippen molar-refractivity contribution in [2.45, 2.75) is 13.3 Å². The van der Waals surface area contributed by atoms with E-state index in [4.69, 9.17) is 0 Å². The van der Waals surface area contributed by atoms with Crippen LogP contribution in [0.2, 0.25) is 0 Å². The number of nitrogens with zero attached hydrogens (tertiary/aromatic N) is 1. The first kappa shape index (κ1) is 19.0. The van der Waals surface area contributed by atoms with Crippen molar-refractivity contribution in [2.75, 3.05) is 39.5 Å². The number of hydrogen-bond acceptors (Lipinski definition) is 4. The van der Waals surface area contributed by atoms with Crippen LogP contribution in [-0.4, -0.2) is 58.1 Å². The fraction of sp³-hybridized carbons (Fsp3) is 0.889. The van der Waals surface area contributed by atoms with E-state index < -0.39 is 10.0 Å². The van der Waals surface area contributed by atoms with E-state index in [2.05, 4.69) is 17.6 Å². The molecule has 0 spiro atoms. The van der Waals surface area contributed by atoms with Gasteiger partial charge < -0.3 is 10.6 Å². The summed E-state index contributed by atoms with van der Waals surface area (Å²) < 4.78 is 23.0. The predicted octanol–water partition coefficient (Wildman–Crippen LogP) is -0.585. The monoisotopic (exact) mass is 287 g/mol. The summed E-state index contributed by atoms with van der Waals surface area (Å²) in [6.07, 6.45) is 2.12. The lowest BCUT2D eigenvalue weighted by atomic mass is 10.4. The smallest absolute Gasteiger partial charge is 0.235 e. The fourth-order valence-corrected chi connectivity index (χ4v) is 1.32. The molecule has 0 atom stereocenters. The van der Waals surface area contributed by atoms with E-state index in [-0.39, 0.29) is 24.9 Å². The Bertz CT molecular complexity index is 309. The maximum absolute atomic E-state index is 11.3. The predicted molar refractivity (Wildman–Crippen MR) is 70.9 cm³/mol. The second-order valence-corrected chi connectivity index (χ2v) is 5.71. The van der Waals surface area contributed by atoms with Crippen molar-refractivity contribution >= 4 is 28.3 Å². The van der Waals surface area contributed by atoms with Gasteiger partial charge >= 0.3 is 0 Å². The highest BCUT2D eigenvalue weighted by Gasteiger charge is 2.14. The number of nitrogens with one attached hydrogen (secondary N) is 2. The fourth-order valence-electron chi connectivity index (χ4n) is 0.967. The van der Waals surface area contributed by atoms with Crippen molar-refractivity contribution in [3.8, 4) is 0 Å². The largest absolute Gasteiger partial charge is 0.354 e. The van der Waals surface area contributed by atoms with Crippen LogP contribution in [0.4, 0.5) is 0 Å². The van der Waals surface area contributed by atoms with Crippen LogP contribution in [0.1, 0.15) is 13.3 Å². The average Bonchev–Trinajstić information content (AvgIpc) is 2.16. The SMILES string of the molecule is CCCNCCNC(=O)CN(C)S(C)(=O)=O.Cl. The molecule has 1 amide bonds. The molecule has 0 rings (SSSR count). The molecule has 0 radical (unpaired) electrons. The summed E-state index contributed by atoms with van der Waals surface area (Å²) in [7, 11) is -1.90. The van der Waals surface area contributed by atoms with Crippen LogP contribution in [0, 0.1) is 0 Å². The number of sulfonamides is 1. The molecule has 0 saturated carbocycles. The minimum atomic E-state index is -3.28. The Kier molecular flexibility index (Phi) is 10.8. The molecule has 6 nitrogen and oxygen atoms in total. The molecular formula is C9H22ClN3O3S. The van der Waals surface area contributed by atoms with Gasteiger partial charge in [0.05, 0.1) is 12.8 Å². The highest BCUT2D eigenvalue weighted by molar-refractivity contribution is 7.88. The van der Waals surface area contributed by atoms with Crippen molar-refractivity contribution in [1.82, 2.24) is 14.9 Å². The van der Waals surface area contributed by atoms with Crippen LogP contribution in [0.15, 0.2) is 0 Å².